The number of amides is 1. The third-order valence-electron chi connectivity index (χ3n) is 3.78. The molecule has 5 nitrogen and oxygen atoms in total. The number of rotatable bonds is 5. The van der Waals surface area contributed by atoms with Crippen LogP contribution in [0.2, 0.25) is 0 Å². The van der Waals surface area contributed by atoms with Gasteiger partial charge in [0.2, 0.25) is 0 Å². The van der Waals surface area contributed by atoms with Crippen LogP contribution in [0, 0.1) is 5.82 Å². The zero-order chi connectivity index (χ0) is 16.1. The van der Waals surface area contributed by atoms with E-state index in [1.165, 1.54) is 12.1 Å². The van der Waals surface area contributed by atoms with E-state index in [1.54, 1.807) is 24.3 Å². The minimum Gasteiger partial charge on any atom is -0.451 e. The van der Waals surface area contributed by atoms with Crippen LogP contribution in [0.1, 0.15) is 10.6 Å². The molecule has 6 heteroatoms. The van der Waals surface area contributed by atoms with Crippen molar-refractivity contribution in [1.82, 2.24) is 10.2 Å². The first kappa shape index (κ1) is 15.7. The topological polar surface area (TPSA) is 54.7 Å². The van der Waals surface area contributed by atoms with Crippen LogP contribution < -0.4 is 5.32 Å². The van der Waals surface area contributed by atoms with E-state index in [1.807, 2.05) is 0 Å². The molecule has 1 aliphatic heterocycles. The molecule has 2 aromatic rings. The summed E-state index contributed by atoms with van der Waals surface area (Å²) in [6.45, 7) is 4.63. The maximum absolute atomic E-state index is 12.9. The Morgan fingerprint density at radius 1 is 1.13 bits per heavy atom. The number of benzene rings is 1. The van der Waals surface area contributed by atoms with Crippen molar-refractivity contribution in [1.29, 1.82) is 0 Å². The van der Waals surface area contributed by atoms with Gasteiger partial charge >= 0.3 is 0 Å². The summed E-state index contributed by atoms with van der Waals surface area (Å²) in [5.41, 5.74) is 0.735. The predicted molar refractivity (Wildman–Crippen MR) is 83.7 cm³/mol. The molecule has 2 heterocycles. The molecule has 1 aromatic carbocycles. The quantitative estimate of drug-likeness (QED) is 0.918. The maximum atomic E-state index is 12.9. The van der Waals surface area contributed by atoms with Gasteiger partial charge in [-0.15, -0.1) is 0 Å². The van der Waals surface area contributed by atoms with E-state index < -0.39 is 0 Å². The lowest BCUT2D eigenvalue weighted by Crippen LogP contribution is -2.41. The fourth-order valence-electron chi connectivity index (χ4n) is 2.47. The molecule has 1 aliphatic rings. The van der Waals surface area contributed by atoms with Crippen molar-refractivity contribution in [3.63, 3.8) is 0 Å². The number of carbonyl (C=O) groups is 1. The predicted octanol–water partition coefficient (Wildman–Crippen LogP) is 2.15. The van der Waals surface area contributed by atoms with Gasteiger partial charge in [-0.05, 0) is 36.4 Å². The van der Waals surface area contributed by atoms with Gasteiger partial charge in [0.05, 0.1) is 13.2 Å². The Labute approximate surface area is 134 Å². The Morgan fingerprint density at radius 3 is 2.61 bits per heavy atom. The van der Waals surface area contributed by atoms with Crippen LogP contribution in [0.4, 0.5) is 4.39 Å². The molecule has 0 saturated carbocycles. The Bertz CT molecular complexity index is 648. The van der Waals surface area contributed by atoms with Crippen molar-refractivity contribution in [2.24, 2.45) is 0 Å². The first-order valence-corrected chi connectivity index (χ1v) is 7.66. The molecular formula is C17H19FN2O3. The lowest BCUT2D eigenvalue weighted by molar-refractivity contribution is 0.0382. The van der Waals surface area contributed by atoms with E-state index in [9.17, 15) is 9.18 Å². The summed E-state index contributed by atoms with van der Waals surface area (Å²) < 4.78 is 23.7. The highest BCUT2D eigenvalue weighted by atomic mass is 19.1. The fraction of sp³-hybridized carbons (Fsp3) is 0.353. The number of nitrogens with one attached hydrogen (secondary N) is 1. The van der Waals surface area contributed by atoms with Crippen LogP contribution in [0.15, 0.2) is 40.8 Å². The Balaban J connectivity index is 1.52. The molecule has 1 N–H and O–H groups in total. The molecule has 1 saturated heterocycles. The standard InChI is InChI=1S/C17H19FN2O3/c18-14-3-1-13(2-4-14)15-5-6-16(23-15)17(21)19-7-8-20-9-11-22-12-10-20/h1-6H,7-12H2,(H,19,21). The Morgan fingerprint density at radius 2 is 1.87 bits per heavy atom. The molecular weight excluding hydrogens is 299 g/mol. The number of hydrogen-bond acceptors (Lipinski definition) is 4. The van der Waals surface area contributed by atoms with Crippen LogP contribution in [-0.2, 0) is 4.74 Å². The summed E-state index contributed by atoms with van der Waals surface area (Å²) in [6.07, 6.45) is 0. The second-order valence-corrected chi connectivity index (χ2v) is 5.38. The first-order valence-electron chi connectivity index (χ1n) is 7.66. The van der Waals surface area contributed by atoms with Gasteiger partial charge in [0.25, 0.3) is 5.91 Å². The smallest absolute Gasteiger partial charge is 0.287 e. The summed E-state index contributed by atoms with van der Waals surface area (Å²) in [6, 6.07) is 9.30. The van der Waals surface area contributed by atoms with E-state index in [0.29, 0.717) is 12.3 Å². The van der Waals surface area contributed by atoms with E-state index >= 15 is 0 Å². The average molecular weight is 318 g/mol. The third kappa shape index (κ3) is 4.18. The fourth-order valence-corrected chi connectivity index (χ4v) is 2.47. The van der Waals surface area contributed by atoms with Gasteiger partial charge in [0, 0.05) is 31.7 Å². The summed E-state index contributed by atoms with van der Waals surface area (Å²) in [5, 5.41) is 2.84. The van der Waals surface area contributed by atoms with Crippen LogP contribution in [0.25, 0.3) is 11.3 Å². The van der Waals surface area contributed by atoms with Gasteiger partial charge in [0.15, 0.2) is 5.76 Å². The summed E-state index contributed by atoms with van der Waals surface area (Å²) >= 11 is 0. The monoisotopic (exact) mass is 318 g/mol. The van der Waals surface area contributed by atoms with Crippen LogP contribution in [-0.4, -0.2) is 50.2 Å². The minimum atomic E-state index is -0.304. The van der Waals surface area contributed by atoms with Crippen molar-refractivity contribution >= 4 is 5.91 Å². The number of hydrogen-bond donors (Lipinski definition) is 1. The maximum Gasteiger partial charge on any atom is 0.287 e. The average Bonchev–Trinajstić information content (AvgIpc) is 3.06. The largest absolute Gasteiger partial charge is 0.451 e. The lowest BCUT2D eigenvalue weighted by atomic mass is 10.2. The first-order chi connectivity index (χ1) is 11.2. The second-order valence-electron chi connectivity index (χ2n) is 5.38. The number of furan rings is 1. The van der Waals surface area contributed by atoms with E-state index in [0.717, 1.165) is 38.4 Å². The van der Waals surface area contributed by atoms with Crippen molar-refractivity contribution in [2.75, 3.05) is 39.4 Å². The normalized spacial score (nSPS) is 15.5. The molecule has 0 atom stereocenters. The highest BCUT2D eigenvalue weighted by Gasteiger charge is 2.14. The molecule has 0 radical (unpaired) electrons. The number of ether oxygens (including phenoxy) is 1. The Hall–Kier alpha value is -2.18. The highest BCUT2D eigenvalue weighted by Crippen LogP contribution is 2.22. The number of nitrogens with zero attached hydrogens (tertiary/aromatic N) is 1. The zero-order valence-electron chi connectivity index (χ0n) is 12.8. The van der Waals surface area contributed by atoms with Crippen molar-refractivity contribution < 1.29 is 18.3 Å². The van der Waals surface area contributed by atoms with Gasteiger partial charge in [-0.25, -0.2) is 4.39 Å². The third-order valence-corrected chi connectivity index (χ3v) is 3.78. The van der Waals surface area contributed by atoms with Gasteiger partial charge in [0.1, 0.15) is 11.6 Å². The number of halogens is 1. The van der Waals surface area contributed by atoms with Crippen molar-refractivity contribution in [2.45, 2.75) is 0 Å². The molecule has 1 amide bonds. The summed E-state index contributed by atoms with van der Waals surface area (Å²) in [5.74, 6) is 0.252. The molecule has 0 unspecified atom stereocenters. The van der Waals surface area contributed by atoms with Gasteiger partial charge < -0.3 is 14.5 Å². The molecule has 23 heavy (non-hydrogen) atoms. The zero-order valence-corrected chi connectivity index (χ0v) is 12.8. The molecule has 122 valence electrons. The van der Waals surface area contributed by atoms with Gasteiger partial charge in [-0.1, -0.05) is 0 Å². The molecule has 0 bridgehead atoms. The molecule has 3 rings (SSSR count). The highest BCUT2D eigenvalue weighted by molar-refractivity contribution is 5.92. The van der Waals surface area contributed by atoms with E-state index in [4.69, 9.17) is 9.15 Å². The van der Waals surface area contributed by atoms with Crippen molar-refractivity contribution in [3.8, 4) is 11.3 Å². The lowest BCUT2D eigenvalue weighted by Gasteiger charge is -2.26. The Kier molecular flexibility index (Phi) is 5.05. The van der Waals surface area contributed by atoms with E-state index in [2.05, 4.69) is 10.2 Å². The molecule has 1 aromatic heterocycles. The van der Waals surface area contributed by atoms with Crippen LogP contribution in [0.3, 0.4) is 0 Å². The molecule has 0 aliphatic carbocycles. The van der Waals surface area contributed by atoms with Gasteiger partial charge in [-0.2, -0.15) is 0 Å². The van der Waals surface area contributed by atoms with Crippen LogP contribution >= 0.6 is 0 Å². The van der Waals surface area contributed by atoms with Gasteiger partial charge in [-0.3, -0.25) is 9.69 Å². The minimum absolute atomic E-state index is 0.244. The second kappa shape index (κ2) is 7.39. The SMILES string of the molecule is O=C(NCCN1CCOCC1)c1ccc(-c2ccc(F)cc2)o1. The number of morpholine rings is 1. The number of carbonyl (C=O) groups excluding carboxylic acids is 1. The molecule has 1 fully saturated rings. The van der Waals surface area contributed by atoms with Crippen molar-refractivity contribution in [3.05, 3.63) is 48.0 Å². The van der Waals surface area contributed by atoms with Crippen LogP contribution in [0.5, 0.6) is 0 Å². The summed E-state index contributed by atoms with van der Waals surface area (Å²) in [7, 11) is 0. The van der Waals surface area contributed by atoms with E-state index in [-0.39, 0.29) is 17.5 Å². The summed E-state index contributed by atoms with van der Waals surface area (Å²) in [4.78, 5) is 14.3. The molecule has 0 spiro atoms.